The molecule has 2 N–H and O–H groups in total. The molecule has 0 spiro atoms. The van der Waals surface area contributed by atoms with Gasteiger partial charge in [-0.3, -0.25) is 4.79 Å². The van der Waals surface area contributed by atoms with E-state index in [2.05, 4.69) is 16.9 Å². The minimum absolute atomic E-state index is 0.109. The van der Waals surface area contributed by atoms with Crippen LogP contribution in [0.4, 0.5) is 0 Å². The lowest BCUT2D eigenvalue weighted by atomic mass is 10.1. The maximum atomic E-state index is 11.2. The standard InChI is InChI=1S/C17H22N4O2/c1-20-9-6-13(7-10-20)23-15-5-3-2-4-14(15)17-19-8-11-21(17)12-16(18)22/h2-5,8,11,13H,6-7,9-10,12H2,1H3,(H2,18,22). The molecule has 1 aliphatic rings. The maximum absolute atomic E-state index is 11.2. The second-order valence-electron chi connectivity index (χ2n) is 5.96. The van der Waals surface area contributed by atoms with Crippen LogP contribution >= 0.6 is 0 Å². The lowest BCUT2D eigenvalue weighted by Crippen LogP contribution is -2.35. The van der Waals surface area contributed by atoms with Crippen molar-refractivity contribution in [2.45, 2.75) is 25.5 Å². The SMILES string of the molecule is CN1CCC(Oc2ccccc2-c2nccn2CC(N)=O)CC1. The molecule has 6 heteroatoms. The Bertz CT molecular complexity index is 675. The van der Waals surface area contributed by atoms with Crippen molar-refractivity contribution in [3.8, 4) is 17.1 Å². The van der Waals surface area contributed by atoms with Crippen molar-refractivity contribution in [2.24, 2.45) is 5.73 Å². The van der Waals surface area contributed by atoms with E-state index in [1.54, 1.807) is 17.0 Å². The molecule has 122 valence electrons. The van der Waals surface area contributed by atoms with E-state index in [-0.39, 0.29) is 12.6 Å². The van der Waals surface area contributed by atoms with Crippen LogP contribution in [0.1, 0.15) is 12.8 Å². The van der Waals surface area contributed by atoms with Crippen LogP contribution in [0.25, 0.3) is 11.4 Å². The van der Waals surface area contributed by atoms with E-state index in [4.69, 9.17) is 10.5 Å². The molecule has 1 fully saturated rings. The van der Waals surface area contributed by atoms with Crippen LogP contribution in [-0.2, 0) is 11.3 Å². The lowest BCUT2D eigenvalue weighted by molar-refractivity contribution is -0.118. The average molecular weight is 314 g/mol. The number of amides is 1. The van der Waals surface area contributed by atoms with Crippen molar-refractivity contribution in [3.63, 3.8) is 0 Å². The fourth-order valence-corrected chi connectivity index (χ4v) is 2.89. The zero-order valence-electron chi connectivity index (χ0n) is 13.3. The van der Waals surface area contributed by atoms with Gasteiger partial charge in [0.2, 0.25) is 5.91 Å². The summed E-state index contributed by atoms with van der Waals surface area (Å²) in [7, 11) is 2.13. The molecule has 0 aliphatic carbocycles. The summed E-state index contributed by atoms with van der Waals surface area (Å²) < 4.78 is 7.97. The highest BCUT2D eigenvalue weighted by Gasteiger charge is 2.20. The molecule has 3 rings (SSSR count). The molecule has 0 unspecified atom stereocenters. The number of aromatic nitrogens is 2. The summed E-state index contributed by atoms with van der Waals surface area (Å²) >= 11 is 0. The molecule has 1 aliphatic heterocycles. The first kappa shape index (κ1) is 15.6. The van der Waals surface area contributed by atoms with E-state index in [0.717, 1.165) is 37.2 Å². The quantitative estimate of drug-likeness (QED) is 0.908. The molecule has 23 heavy (non-hydrogen) atoms. The highest BCUT2D eigenvalue weighted by Crippen LogP contribution is 2.30. The molecule has 0 atom stereocenters. The normalized spacial score (nSPS) is 16.4. The highest BCUT2D eigenvalue weighted by atomic mass is 16.5. The fraction of sp³-hybridized carbons (Fsp3) is 0.412. The van der Waals surface area contributed by atoms with Crippen LogP contribution in [0.15, 0.2) is 36.7 Å². The summed E-state index contributed by atoms with van der Waals surface area (Å²) in [4.78, 5) is 17.9. The molecular formula is C17H22N4O2. The first-order valence-electron chi connectivity index (χ1n) is 7.87. The smallest absolute Gasteiger partial charge is 0.237 e. The number of nitrogens with two attached hydrogens (primary N) is 1. The van der Waals surface area contributed by atoms with Crippen LogP contribution in [-0.4, -0.2) is 46.6 Å². The van der Waals surface area contributed by atoms with Gasteiger partial charge in [-0.1, -0.05) is 12.1 Å². The number of imidazole rings is 1. The van der Waals surface area contributed by atoms with E-state index < -0.39 is 5.91 Å². The Morgan fingerprint density at radius 1 is 1.35 bits per heavy atom. The van der Waals surface area contributed by atoms with Crippen molar-refractivity contribution in [1.29, 1.82) is 0 Å². The largest absolute Gasteiger partial charge is 0.490 e. The van der Waals surface area contributed by atoms with Gasteiger partial charge in [-0.15, -0.1) is 0 Å². The Kier molecular flexibility index (Phi) is 4.62. The predicted octanol–water partition coefficient (Wildman–Crippen LogP) is 1.51. The van der Waals surface area contributed by atoms with Gasteiger partial charge in [0.15, 0.2) is 0 Å². The Balaban J connectivity index is 1.83. The Morgan fingerprint density at radius 2 is 2.09 bits per heavy atom. The predicted molar refractivity (Wildman–Crippen MR) is 88.0 cm³/mol. The number of piperidine rings is 1. The van der Waals surface area contributed by atoms with Gasteiger partial charge in [0.05, 0.1) is 5.56 Å². The Labute approximate surface area is 135 Å². The molecule has 2 heterocycles. The Morgan fingerprint density at radius 3 is 2.83 bits per heavy atom. The monoisotopic (exact) mass is 314 g/mol. The minimum Gasteiger partial charge on any atom is -0.490 e. The summed E-state index contributed by atoms with van der Waals surface area (Å²) in [5, 5.41) is 0. The van der Waals surface area contributed by atoms with Crippen LogP contribution in [0.3, 0.4) is 0 Å². The van der Waals surface area contributed by atoms with Gasteiger partial charge < -0.3 is 19.9 Å². The van der Waals surface area contributed by atoms with E-state index in [9.17, 15) is 4.79 Å². The molecule has 6 nitrogen and oxygen atoms in total. The third-order valence-corrected chi connectivity index (χ3v) is 4.13. The molecule has 0 radical (unpaired) electrons. The van der Waals surface area contributed by atoms with Crippen molar-refractivity contribution >= 4 is 5.91 Å². The number of carbonyl (C=O) groups excluding carboxylic acids is 1. The fourth-order valence-electron chi connectivity index (χ4n) is 2.89. The molecule has 0 saturated carbocycles. The van der Waals surface area contributed by atoms with Crippen LogP contribution in [0.2, 0.25) is 0 Å². The number of benzene rings is 1. The molecular weight excluding hydrogens is 292 g/mol. The van der Waals surface area contributed by atoms with Crippen molar-refractivity contribution in [1.82, 2.24) is 14.5 Å². The van der Waals surface area contributed by atoms with Gasteiger partial charge in [-0.25, -0.2) is 4.98 Å². The molecule has 1 aromatic carbocycles. The van der Waals surface area contributed by atoms with Gasteiger partial charge in [0.25, 0.3) is 0 Å². The van der Waals surface area contributed by atoms with Crippen LogP contribution in [0, 0.1) is 0 Å². The summed E-state index contributed by atoms with van der Waals surface area (Å²) in [6, 6.07) is 7.82. The number of primary amides is 1. The summed E-state index contributed by atoms with van der Waals surface area (Å²) in [6.45, 7) is 2.20. The van der Waals surface area contributed by atoms with Gasteiger partial charge in [0.1, 0.15) is 24.2 Å². The van der Waals surface area contributed by atoms with Gasteiger partial charge in [0, 0.05) is 25.5 Å². The zero-order chi connectivity index (χ0) is 16.2. The van der Waals surface area contributed by atoms with E-state index in [1.165, 1.54) is 0 Å². The molecule has 2 aromatic rings. The van der Waals surface area contributed by atoms with Gasteiger partial charge in [-0.2, -0.15) is 0 Å². The van der Waals surface area contributed by atoms with Crippen molar-refractivity contribution < 1.29 is 9.53 Å². The second-order valence-corrected chi connectivity index (χ2v) is 5.96. The first-order chi connectivity index (χ1) is 11.1. The van der Waals surface area contributed by atoms with E-state index in [0.29, 0.717) is 5.82 Å². The highest BCUT2D eigenvalue weighted by molar-refractivity contribution is 5.75. The minimum atomic E-state index is -0.391. The summed E-state index contributed by atoms with van der Waals surface area (Å²) in [5.74, 6) is 1.12. The number of nitrogens with zero attached hydrogens (tertiary/aromatic N) is 3. The first-order valence-corrected chi connectivity index (χ1v) is 7.87. The number of rotatable bonds is 5. The van der Waals surface area contributed by atoms with Gasteiger partial charge >= 0.3 is 0 Å². The van der Waals surface area contributed by atoms with Crippen molar-refractivity contribution in [2.75, 3.05) is 20.1 Å². The number of ether oxygens (including phenoxy) is 1. The zero-order valence-corrected chi connectivity index (χ0v) is 13.3. The maximum Gasteiger partial charge on any atom is 0.237 e. The third kappa shape index (κ3) is 3.71. The number of hydrogen-bond donors (Lipinski definition) is 1. The van der Waals surface area contributed by atoms with Crippen molar-refractivity contribution in [3.05, 3.63) is 36.7 Å². The van der Waals surface area contributed by atoms with Gasteiger partial charge in [-0.05, 0) is 32.0 Å². The third-order valence-electron chi connectivity index (χ3n) is 4.13. The molecule has 1 saturated heterocycles. The Hall–Kier alpha value is -2.34. The number of para-hydroxylation sites is 1. The number of carbonyl (C=O) groups is 1. The van der Waals surface area contributed by atoms with E-state index >= 15 is 0 Å². The second kappa shape index (κ2) is 6.83. The van der Waals surface area contributed by atoms with E-state index in [1.807, 2.05) is 24.3 Å². The number of hydrogen-bond acceptors (Lipinski definition) is 4. The number of likely N-dealkylation sites (tertiary alicyclic amines) is 1. The summed E-state index contributed by atoms with van der Waals surface area (Å²) in [5.41, 5.74) is 6.19. The molecule has 1 amide bonds. The molecule has 1 aromatic heterocycles. The van der Waals surface area contributed by atoms with Crippen LogP contribution in [0.5, 0.6) is 5.75 Å². The topological polar surface area (TPSA) is 73.4 Å². The molecule has 0 bridgehead atoms. The van der Waals surface area contributed by atoms with Crippen LogP contribution < -0.4 is 10.5 Å². The lowest BCUT2D eigenvalue weighted by Gasteiger charge is -2.29. The summed E-state index contributed by atoms with van der Waals surface area (Å²) in [6.07, 6.45) is 5.67. The average Bonchev–Trinajstić information content (AvgIpc) is 2.97.